The summed E-state index contributed by atoms with van der Waals surface area (Å²) in [5, 5.41) is 9.72. The number of Topliss-reactive ketones (excluding diaryl/α,β-unsaturated/α-hetero) is 1. The van der Waals surface area contributed by atoms with Crippen molar-refractivity contribution in [1.29, 1.82) is 0 Å². The number of nitrogens with zero attached hydrogens (tertiary/aromatic N) is 6. The Morgan fingerprint density at radius 3 is 2.36 bits per heavy atom. The maximum Gasteiger partial charge on any atom is 0.316 e. The van der Waals surface area contributed by atoms with Gasteiger partial charge in [-0.1, -0.05) is 6.07 Å². The van der Waals surface area contributed by atoms with E-state index in [9.17, 15) is 18.4 Å². The van der Waals surface area contributed by atoms with E-state index >= 15 is 0 Å². The maximum absolute atomic E-state index is 13.7. The normalized spacial score (nSPS) is 20.2. The Bertz CT molecular complexity index is 1750. The van der Waals surface area contributed by atoms with Crippen molar-refractivity contribution in [2.75, 3.05) is 5.73 Å². The molecule has 11 nitrogen and oxygen atoms in total. The number of nitrogens with two attached hydrogens (primary N) is 3. The molecular weight excluding hydrogens is 544 g/mol. The second-order valence-corrected chi connectivity index (χ2v) is 10.6. The topological polar surface area (TPSA) is 170 Å². The van der Waals surface area contributed by atoms with Crippen LogP contribution in [0.1, 0.15) is 54.6 Å². The molecule has 2 bridgehead atoms. The first kappa shape index (κ1) is 27.1. The van der Waals surface area contributed by atoms with Crippen LogP contribution in [0, 0.1) is 11.6 Å². The summed E-state index contributed by atoms with van der Waals surface area (Å²) < 4.78 is 28.9. The van der Waals surface area contributed by atoms with Gasteiger partial charge in [0.05, 0.1) is 23.1 Å². The summed E-state index contributed by atoms with van der Waals surface area (Å²) in [4.78, 5) is 40.7. The second kappa shape index (κ2) is 10.4. The molecular formula is C29H28F2N9O2+. The van der Waals surface area contributed by atoms with E-state index in [0.29, 0.717) is 52.1 Å². The van der Waals surface area contributed by atoms with E-state index in [2.05, 4.69) is 15.1 Å². The highest BCUT2D eigenvalue weighted by molar-refractivity contribution is 6.38. The Morgan fingerprint density at radius 1 is 1.07 bits per heavy atom. The zero-order chi connectivity index (χ0) is 29.7. The van der Waals surface area contributed by atoms with Gasteiger partial charge in [0.25, 0.3) is 6.34 Å². The van der Waals surface area contributed by atoms with Crippen molar-refractivity contribution in [1.82, 2.24) is 24.5 Å². The molecule has 2 fully saturated rings. The summed E-state index contributed by atoms with van der Waals surface area (Å²) in [5.74, 6) is -2.09. The van der Waals surface area contributed by atoms with Crippen LogP contribution in [0.4, 0.5) is 14.6 Å². The summed E-state index contributed by atoms with van der Waals surface area (Å²) in [7, 11) is 0. The summed E-state index contributed by atoms with van der Waals surface area (Å²) in [6.45, 7) is 1.44. The Morgan fingerprint density at radius 2 is 1.76 bits per heavy atom. The van der Waals surface area contributed by atoms with Gasteiger partial charge in [-0.15, -0.1) is 0 Å². The van der Waals surface area contributed by atoms with E-state index in [0.717, 1.165) is 25.2 Å². The number of anilines is 1. The van der Waals surface area contributed by atoms with Crippen LogP contribution in [0.25, 0.3) is 28.0 Å². The van der Waals surface area contributed by atoms with Crippen molar-refractivity contribution in [3.05, 3.63) is 65.6 Å². The first-order chi connectivity index (χ1) is 20.2. The highest BCUT2D eigenvalue weighted by Crippen LogP contribution is 2.44. The molecule has 214 valence electrons. The van der Waals surface area contributed by atoms with Crippen LogP contribution in [0.3, 0.4) is 0 Å². The van der Waals surface area contributed by atoms with Gasteiger partial charge in [0.2, 0.25) is 0 Å². The van der Waals surface area contributed by atoms with Crippen LogP contribution < -0.4 is 16.9 Å². The summed E-state index contributed by atoms with van der Waals surface area (Å²) in [5.41, 5.74) is 15.7. The third-order valence-corrected chi connectivity index (χ3v) is 8.08. The van der Waals surface area contributed by atoms with E-state index < -0.39 is 11.6 Å². The van der Waals surface area contributed by atoms with Crippen LogP contribution in [-0.4, -0.2) is 60.4 Å². The maximum atomic E-state index is 13.7. The van der Waals surface area contributed by atoms with Crippen LogP contribution in [0.2, 0.25) is 0 Å². The van der Waals surface area contributed by atoms with Crippen LogP contribution >= 0.6 is 0 Å². The van der Waals surface area contributed by atoms with E-state index in [-0.39, 0.29) is 41.3 Å². The number of benzene rings is 1. The fraction of sp³-hybridized carbons (Fsp3) is 0.276. The van der Waals surface area contributed by atoms with Crippen LogP contribution in [0.5, 0.6) is 0 Å². The molecule has 1 unspecified atom stereocenters. The number of hydrogen-bond acceptors (Lipinski definition) is 6. The van der Waals surface area contributed by atoms with E-state index in [1.807, 2.05) is 0 Å². The molecule has 0 saturated carbocycles. The summed E-state index contributed by atoms with van der Waals surface area (Å²) in [6.07, 6.45) is 6.91. The van der Waals surface area contributed by atoms with Crippen molar-refractivity contribution in [2.24, 2.45) is 10.7 Å². The Balaban J connectivity index is 1.37. The van der Waals surface area contributed by atoms with E-state index in [1.54, 1.807) is 29.4 Å². The molecule has 0 aliphatic carbocycles. The van der Waals surface area contributed by atoms with Gasteiger partial charge in [-0.25, -0.2) is 13.8 Å². The molecule has 0 spiro atoms. The minimum absolute atomic E-state index is 0.0966. The second-order valence-electron chi connectivity index (χ2n) is 10.6. The molecule has 42 heavy (non-hydrogen) atoms. The predicted molar refractivity (Wildman–Crippen MR) is 151 cm³/mol. The third kappa shape index (κ3) is 4.56. The lowest BCUT2D eigenvalue weighted by Gasteiger charge is -2.38. The number of amidine groups is 1. The molecule has 13 heteroatoms. The van der Waals surface area contributed by atoms with Gasteiger partial charge in [0, 0.05) is 47.0 Å². The standard InChI is InChI=1S/C29H27F2N9O2/c1-14(41)24-25(17-8-20-3-4-21(9-17)39(20)29(42)26(33)36-13-32)38-28-22(12-37-40(28)27(24)34)15-2-5-23(35-11-15)16-6-18(30)10-19(31)7-16/h2,5-7,10-13,17,20-21H,3-4,8-9,34H2,1H3,(H3,32,33,36)/p+1/t17?,20-,21+. The van der Waals surface area contributed by atoms with Crippen molar-refractivity contribution in [2.45, 2.75) is 50.6 Å². The highest BCUT2D eigenvalue weighted by atomic mass is 19.1. The molecule has 2 saturated heterocycles. The first-order valence-corrected chi connectivity index (χ1v) is 13.5. The number of carbonyl (C=O) groups excluding carboxylic acids is 2. The van der Waals surface area contributed by atoms with Gasteiger partial charge in [-0.2, -0.15) is 9.61 Å². The van der Waals surface area contributed by atoms with Crippen molar-refractivity contribution in [3.63, 3.8) is 0 Å². The lowest BCUT2D eigenvalue weighted by molar-refractivity contribution is -0.128. The first-order valence-electron chi connectivity index (χ1n) is 13.5. The van der Waals surface area contributed by atoms with E-state index in [4.69, 9.17) is 21.9 Å². The molecule has 6 rings (SSSR count). The van der Waals surface area contributed by atoms with Crippen LogP contribution in [0.15, 0.2) is 47.7 Å². The van der Waals surface area contributed by atoms with Crippen molar-refractivity contribution < 1.29 is 23.8 Å². The number of aromatic nitrogens is 4. The molecule has 3 atom stereocenters. The van der Waals surface area contributed by atoms with E-state index in [1.165, 1.54) is 23.6 Å². The lowest BCUT2D eigenvalue weighted by Crippen LogP contribution is -2.51. The molecule has 4 aromatic rings. The lowest BCUT2D eigenvalue weighted by atomic mass is 9.85. The fourth-order valence-electron chi connectivity index (χ4n) is 6.32. The van der Waals surface area contributed by atoms with Crippen molar-refractivity contribution >= 4 is 35.3 Å². The molecule has 5 heterocycles. The number of halogens is 2. The van der Waals surface area contributed by atoms with Gasteiger partial charge in [0.15, 0.2) is 11.4 Å². The fourth-order valence-corrected chi connectivity index (χ4v) is 6.32. The smallest absolute Gasteiger partial charge is 0.316 e. The third-order valence-electron chi connectivity index (χ3n) is 8.08. The monoisotopic (exact) mass is 572 g/mol. The minimum atomic E-state index is -0.693. The SMILES string of the molecule is CC(=O)c1c(C2C[C@H]3CC[C@@H](C2)N3C(=O)C(N)=NC=[NH2+])nc2c(-c3ccc(-c4cc(F)cc(F)c4)nc3)cnn2c1N. The van der Waals surface area contributed by atoms with Gasteiger partial charge in [-0.3, -0.25) is 20.0 Å². The number of rotatable bonds is 5. The van der Waals surface area contributed by atoms with Crippen molar-refractivity contribution in [3.8, 4) is 22.4 Å². The molecule has 1 aromatic carbocycles. The number of ketones is 1. The number of hydrogen-bond donors (Lipinski definition) is 3. The average molecular weight is 573 g/mol. The Kier molecular flexibility index (Phi) is 6.71. The largest absolute Gasteiger partial charge is 0.383 e. The number of fused-ring (bicyclic) bond motifs is 3. The number of nitrogen functional groups attached to an aromatic ring is 1. The molecule has 2 aliphatic rings. The number of aliphatic imine (C=N–C) groups is 1. The minimum Gasteiger partial charge on any atom is -0.383 e. The number of amides is 1. The zero-order valence-electron chi connectivity index (χ0n) is 22.7. The Labute approximate surface area is 238 Å². The predicted octanol–water partition coefficient (Wildman–Crippen LogP) is 1.90. The van der Waals surface area contributed by atoms with Gasteiger partial charge in [0.1, 0.15) is 17.5 Å². The van der Waals surface area contributed by atoms with Crippen LogP contribution in [-0.2, 0) is 4.79 Å². The molecule has 2 aliphatic heterocycles. The summed E-state index contributed by atoms with van der Waals surface area (Å²) >= 11 is 0. The number of pyridine rings is 1. The molecule has 0 radical (unpaired) electrons. The van der Waals surface area contributed by atoms with Gasteiger partial charge in [-0.05, 0) is 55.8 Å². The Hall–Kier alpha value is -5.07. The number of piperidine rings is 1. The summed E-state index contributed by atoms with van der Waals surface area (Å²) in [6, 6.07) is 6.44. The quantitative estimate of drug-likeness (QED) is 0.186. The molecule has 1 amide bonds. The highest BCUT2D eigenvalue weighted by Gasteiger charge is 2.46. The number of carbonyl (C=O) groups is 2. The average Bonchev–Trinajstić information content (AvgIpc) is 3.50. The molecule has 3 aromatic heterocycles. The van der Waals surface area contributed by atoms with Gasteiger partial charge >= 0.3 is 11.7 Å². The zero-order valence-corrected chi connectivity index (χ0v) is 22.7. The molecule has 6 N–H and O–H groups in total. The van der Waals surface area contributed by atoms with Gasteiger partial charge < -0.3 is 16.4 Å².